The minimum absolute atomic E-state index is 0.142. The Morgan fingerprint density at radius 2 is 2.54 bits per heavy atom. The third kappa shape index (κ3) is 1.26. The number of hydrogen-bond acceptors (Lipinski definition) is 3. The van der Waals surface area contributed by atoms with Crippen molar-refractivity contribution in [2.75, 3.05) is 6.61 Å². The molecule has 13 heavy (non-hydrogen) atoms. The lowest BCUT2D eigenvalue weighted by atomic mass is 9.90. The van der Waals surface area contributed by atoms with Gasteiger partial charge in [-0.25, -0.2) is 0 Å². The van der Waals surface area contributed by atoms with Gasteiger partial charge in [0.15, 0.2) is 0 Å². The summed E-state index contributed by atoms with van der Waals surface area (Å²) in [6.45, 7) is 2.51. The van der Waals surface area contributed by atoms with Crippen LogP contribution in [0.4, 0.5) is 0 Å². The van der Waals surface area contributed by atoms with Crippen LogP contribution in [0.25, 0.3) is 0 Å². The van der Waals surface area contributed by atoms with E-state index in [1.54, 1.807) is 10.9 Å². The second-order valence-corrected chi connectivity index (χ2v) is 3.59. The number of hydrogen-bond donors (Lipinski definition) is 1. The zero-order valence-corrected chi connectivity index (χ0v) is 7.90. The van der Waals surface area contributed by atoms with Gasteiger partial charge in [-0.2, -0.15) is 5.10 Å². The molecule has 0 bridgehead atoms. The standard InChI is InChI=1S/C9H14N2O2/c1-7-9(12,3-4-13-7)8-5-10-11(2)6-8/h5-7,12H,3-4H2,1-2H3. The van der Waals surface area contributed by atoms with Gasteiger partial charge in [-0.15, -0.1) is 0 Å². The van der Waals surface area contributed by atoms with Crippen LogP contribution < -0.4 is 0 Å². The van der Waals surface area contributed by atoms with Crippen LogP contribution in [0.15, 0.2) is 12.4 Å². The van der Waals surface area contributed by atoms with Gasteiger partial charge in [0.05, 0.1) is 18.9 Å². The van der Waals surface area contributed by atoms with Gasteiger partial charge in [-0.05, 0) is 6.92 Å². The minimum atomic E-state index is -0.839. The first-order valence-electron chi connectivity index (χ1n) is 4.46. The van der Waals surface area contributed by atoms with Gasteiger partial charge in [0.2, 0.25) is 0 Å². The SMILES string of the molecule is CC1OCCC1(O)c1cnn(C)c1. The zero-order chi connectivity index (χ0) is 9.47. The van der Waals surface area contributed by atoms with Crippen molar-refractivity contribution in [3.8, 4) is 0 Å². The monoisotopic (exact) mass is 182 g/mol. The molecule has 1 N–H and O–H groups in total. The van der Waals surface area contributed by atoms with Crippen molar-refractivity contribution in [2.45, 2.75) is 25.0 Å². The van der Waals surface area contributed by atoms with Gasteiger partial charge < -0.3 is 9.84 Å². The molecule has 2 heterocycles. The first kappa shape index (κ1) is 8.72. The van der Waals surface area contributed by atoms with Crippen LogP contribution in [-0.2, 0) is 17.4 Å². The van der Waals surface area contributed by atoms with E-state index in [9.17, 15) is 5.11 Å². The minimum Gasteiger partial charge on any atom is -0.382 e. The lowest BCUT2D eigenvalue weighted by molar-refractivity contribution is -0.0317. The molecule has 1 aromatic heterocycles. The van der Waals surface area contributed by atoms with Gasteiger partial charge in [-0.3, -0.25) is 4.68 Å². The maximum atomic E-state index is 10.3. The van der Waals surface area contributed by atoms with E-state index in [-0.39, 0.29) is 6.10 Å². The summed E-state index contributed by atoms with van der Waals surface area (Å²) in [6.07, 6.45) is 4.05. The van der Waals surface area contributed by atoms with Gasteiger partial charge in [-0.1, -0.05) is 0 Å². The van der Waals surface area contributed by atoms with E-state index < -0.39 is 5.60 Å². The van der Waals surface area contributed by atoms with E-state index in [1.165, 1.54) is 0 Å². The Balaban J connectivity index is 2.33. The van der Waals surface area contributed by atoms with E-state index in [0.29, 0.717) is 13.0 Å². The molecule has 0 saturated carbocycles. The summed E-state index contributed by atoms with van der Waals surface area (Å²) < 4.78 is 7.04. The molecule has 0 amide bonds. The number of aromatic nitrogens is 2. The number of aliphatic hydroxyl groups is 1. The molecule has 0 aliphatic carbocycles. The number of rotatable bonds is 1. The summed E-state index contributed by atoms with van der Waals surface area (Å²) in [5.41, 5.74) is 0.00819. The Bertz CT molecular complexity index is 310. The molecule has 1 fully saturated rings. The second-order valence-electron chi connectivity index (χ2n) is 3.59. The Hall–Kier alpha value is -0.870. The Labute approximate surface area is 77.1 Å². The molecular weight excluding hydrogens is 168 g/mol. The molecule has 2 rings (SSSR count). The van der Waals surface area contributed by atoms with Crippen molar-refractivity contribution >= 4 is 0 Å². The average Bonchev–Trinajstić information content (AvgIpc) is 2.62. The second kappa shape index (κ2) is 2.82. The molecule has 0 radical (unpaired) electrons. The molecule has 2 unspecified atom stereocenters. The van der Waals surface area contributed by atoms with Crippen molar-refractivity contribution in [1.29, 1.82) is 0 Å². The Morgan fingerprint density at radius 3 is 3.00 bits per heavy atom. The van der Waals surface area contributed by atoms with Crippen molar-refractivity contribution < 1.29 is 9.84 Å². The van der Waals surface area contributed by atoms with Crippen LogP contribution in [0.5, 0.6) is 0 Å². The predicted molar refractivity (Wildman–Crippen MR) is 47.1 cm³/mol. The molecule has 1 aliphatic heterocycles. The third-order valence-corrected chi connectivity index (χ3v) is 2.73. The molecular formula is C9H14N2O2. The summed E-state index contributed by atoms with van der Waals surface area (Å²) in [6, 6.07) is 0. The fourth-order valence-electron chi connectivity index (χ4n) is 1.76. The highest BCUT2D eigenvalue weighted by Crippen LogP contribution is 2.35. The molecule has 1 aliphatic rings. The highest BCUT2D eigenvalue weighted by Gasteiger charge is 2.41. The first-order chi connectivity index (χ1) is 6.13. The van der Waals surface area contributed by atoms with E-state index >= 15 is 0 Å². The molecule has 2 atom stereocenters. The Morgan fingerprint density at radius 1 is 1.77 bits per heavy atom. The van der Waals surface area contributed by atoms with Gasteiger partial charge in [0.1, 0.15) is 5.60 Å². The molecule has 72 valence electrons. The van der Waals surface area contributed by atoms with Crippen LogP contribution in [-0.4, -0.2) is 27.6 Å². The lowest BCUT2D eigenvalue weighted by Gasteiger charge is -2.24. The summed E-state index contributed by atoms with van der Waals surface area (Å²) >= 11 is 0. The van der Waals surface area contributed by atoms with Crippen molar-refractivity contribution in [3.63, 3.8) is 0 Å². The van der Waals surface area contributed by atoms with Crippen molar-refractivity contribution in [1.82, 2.24) is 9.78 Å². The summed E-state index contributed by atoms with van der Waals surface area (Å²) in [4.78, 5) is 0. The van der Waals surface area contributed by atoms with E-state index in [1.807, 2.05) is 20.2 Å². The summed E-state index contributed by atoms with van der Waals surface area (Å²) in [7, 11) is 1.84. The molecule has 1 aromatic rings. The largest absolute Gasteiger partial charge is 0.382 e. The number of aryl methyl sites for hydroxylation is 1. The molecule has 1 saturated heterocycles. The third-order valence-electron chi connectivity index (χ3n) is 2.73. The lowest BCUT2D eigenvalue weighted by Crippen LogP contribution is -2.32. The first-order valence-corrected chi connectivity index (χ1v) is 4.46. The number of ether oxygens (including phenoxy) is 1. The van der Waals surface area contributed by atoms with Gasteiger partial charge in [0.25, 0.3) is 0 Å². The van der Waals surface area contributed by atoms with E-state index in [4.69, 9.17) is 4.74 Å². The quantitative estimate of drug-likeness (QED) is 0.684. The van der Waals surface area contributed by atoms with Crippen LogP contribution in [0, 0.1) is 0 Å². The van der Waals surface area contributed by atoms with Crippen LogP contribution in [0.3, 0.4) is 0 Å². The highest BCUT2D eigenvalue weighted by molar-refractivity contribution is 5.18. The van der Waals surface area contributed by atoms with Crippen LogP contribution in [0.1, 0.15) is 18.9 Å². The fraction of sp³-hybridized carbons (Fsp3) is 0.667. The van der Waals surface area contributed by atoms with E-state index in [0.717, 1.165) is 5.56 Å². The highest BCUT2D eigenvalue weighted by atomic mass is 16.5. The summed E-state index contributed by atoms with van der Waals surface area (Å²) in [5, 5.41) is 14.3. The molecule has 0 aromatic carbocycles. The average molecular weight is 182 g/mol. The van der Waals surface area contributed by atoms with Crippen molar-refractivity contribution in [2.24, 2.45) is 7.05 Å². The van der Waals surface area contributed by atoms with Crippen LogP contribution >= 0.6 is 0 Å². The topological polar surface area (TPSA) is 47.3 Å². The Kier molecular flexibility index (Phi) is 1.89. The van der Waals surface area contributed by atoms with E-state index in [2.05, 4.69) is 5.10 Å². The summed E-state index contributed by atoms with van der Waals surface area (Å²) in [5.74, 6) is 0. The predicted octanol–water partition coefficient (Wildman–Crippen LogP) is 0.416. The molecule has 4 heteroatoms. The smallest absolute Gasteiger partial charge is 0.121 e. The van der Waals surface area contributed by atoms with Crippen molar-refractivity contribution in [3.05, 3.63) is 18.0 Å². The maximum absolute atomic E-state index is 10.3. The molecule has 4 nitrogen and oxygen atoms in total. The molecule has 0 spiro atoms. The maximum Gasteiger partial charge on any atom is 0.121 e. The zero-order valence-electron chi connectivity index (χ0n) is 7.90. The van der Waals surface area contributed by atoms with Crippen LogP contribution in [0.2, 0.25) is 0 Å². The number of nitrogens with zero attached hydrogens (tertiary/aromatic N) is 2. The fourth-order valence-corrected chi connectivity index (χ4v) is 1.76. The normalized spacial score (nSPS) is 33.9. The van der Waals surface area contributed by atoms with Gasteiger partial charge >= 0.3 is 0 Å². The van der Waals surface area contributed by atoms with Gasteiger partial charge in [0, 0.05) is 25.2 Å².